The van der Waals surface area contributed by atoms with Crippen molar-refractivity contribution >= 4 is 17.7 Å². The molecule has 27 heavy (non-hydrogen) atoms. The van der Waals surface area contributed by atoms with Crippen LogP contribution in [0.2, 0.25) is 0 Å². The molecule has 1 atom stereocenters. The first-order valence-corrected chi connectivity index (χ1v) is 9.37. The highest BCUT2D eigenvalue weighted by molar-refractivity contribution is 5.91. The zero-order valence-electron chi connectivity index (χ0n) is 16.0. The molecule has 2 aromatic rings. The van der Waals surface area contributed by atoms with Crippen molar-refractivity contribution in [2.45, 2.75) is 25.5 Å². The topological polar surface area (TPSA) is 45.7 Å². The van der Waals surface area contributed by atoms with Crippen LogP contribution in [0.4, 0.5) is 5.69 Å². The van der Waals surface area contributed by atoms with Crippen LogP contribution >= 0.6 is 0 Å². The molecule has 142 valence electrons. The lowest BCUT2D eigenvalue weighted by Crippen LogP contribution is -2.35. The van der Waals surface area contributed by atoms with Gasteiger partial charge in [-0.3, -0.25) is 9.78 Å². The van der Waals surface area contributed by atoms with Crippen LogP contribution in [0.15, 0.2) is 54.9 Å². The second-order valence-corrected chi connectivity index (χ2v) is 7.03. The third-order valence-corrected chi connectivity index (χ3v) is 4.69. The Morgan fingerprint density at radius 3 is 2.70 bits per heavy atom. The molecule has 1 aliphatic heterocycles. The van der Waals surface area contributed by atoms with Crippen LogP contribution in [0.3, 0.4) is 0 Å². The highest BCUT2D eigenvalue weighted by atomic mass is 16.5. The number of pyridine rings is 1. The first-order chi connectivity index (χ1) is 13.1. The molecule has 3 rings (SSSR count). The number of hydrogen-bond acceptors (Lipinski definition) is 4. The Kier molecular flexibility index (Phi) is 6.60. The van der Waals surface area contributed by atoms with Gasteiger partial charge in [-0.25, -0.2) is 0 Å². The Balaban J connectivity index is 1.71. The summed E-state index contributed by atoms with van der Waals surface area (Å²) in [6, 6.07) is 12.1. The minimum Gasteiger partial charge on any atom is -0.378 e. The lowest BCUT2D eigenvalue weighted by atomic mass is 10.1. The molecule has 1 amide bonds. The Labute approximate surface area is 161 Å². The molecule has 0 saturated carbocycles. The van der Waals surface area contributed by atoms with Gasteiger partial charge in [-0.2, -0.15) is 0 Å². The van der Waals surface area contributed by atoms with Crippen LogP contribution in [-0.4, -0.2) is 49.1 Å². The minimum absolute atomic E-state index is 0.00830. The molecular formula is C22H27N3O2. The van der Waals surface area contributed by atoms with Crippen LogP contribution in [0.25, 0.3) is 6.08 Å². The van der Waals surface area contributed by atoms with E-state index in [9.17, 15) is 4.79 Å². The summed E-state index contributed by atoms with van der Waals surface area (Å²) in [5.74, 6) is -0.00830. The summed E-state index contributed by atoms with van der Waals surface area (Å²) in [4.78, 5) is 20.9. The summed E-state index contributed by atoms with van der Waals surface area (Å²) >= 11 is 0. The monoisotopic (exact) mass is 365 g/mol. The average Bonchev–Trinajstić information content (AvgIpc) is 3.20. The summed E-state index contributed by atoms with van der Waals surface area (Å²) in [5.41, 5.74) is 3.17. The molecule has 1 aliphatic rings. The zero-order valence-corrected chi connectivity index (χ0v) is 16.0. The molecule has 2 heterocycles. The number of carbonyl (C=O) groups is 1. The fourth-order valence-corrected chi connectivity index (χ4v) is 3.13. The van der Waals surface area contributed by atoms with Crippen LogP contribution in [0.5, 0.6) is 0 Å². The van der Waals surface area contributed by atoms with Crippen molar-refractivity contribution in [3.8, 4) is 0 Å². The number of amides is 1. The molecule has 0 bridgehead atoms. The van der Waals surface area contributed by atoms with E-state index >= 15 is 0 Å². The van der Waals surface area contributed by atoms with E-state index in [-0.39, 0.29) is 12.0 Å². The van der Waals surface area contributed by atoms with Gasteiger partial charge in [0.25, 0.3) is 0 Å². The van der Waals surface area contributed by atoms with E-state index in [0.717, 1.165) is 36.3 Å². The van der Waals surface area contributed by atoms with Gasteiger partial charge in [-0.05, 0) is 48.2 Å². The molecule has 0 N–H and O–H groups in total. The molecule has 1 unspecified atom stereocenters. The molecule has 5 heteroatoms. The van der Waals surface area contributed by atoms with Crippen LogP contribution in [0.1, 0.15) is 24.0 Å². The van der Waals surface area contributed by atoms with Crippen LogP contribution in [0, 0.1) is 0 Å². The zero-order chi connectivity index (χ0) is 19.1. The fraction of sp³-hybridized carbons (Fsp3) is 0.364. The van der Waals surface area contributed by atoms with Crippen LogP contribution in [-0.2, 0) is 16.1 Å². The number of aromatic nitrogens is 1. The molecule has 0 spiro atoms. The number of hydrogen-bond donors (Lipinski definition) is 0. The number of anilines is 1. The van der Waals surface area contributed by atoms with Gasteiger partial charge in [0.2, 0.25) is 5.91 Å². The van der Waals surface area contributed by atoms with Crippen molar-refractivity contribution in [2.24, 2.45) is 0 Å². The number of ether oxygens (including phenoxy) is 1. The van der Waals surface area contributed by atoms with Crippen LogP contribution < -0.4 is 4.90 Å². The van der Waals surface area contributed by atoms with E-state index in [1.54, 1.807) is 18.5 Å². The van der Waals surface area contributed by atoms with Crippen molar-refractivity contribution in [2.75, 3.05) is 32.1 Å². The number of nitrogens with zero attached hydrogens (tertiary/aromatic N) is 3. The SMILES string of the molecule is CN(C)c1ccc(CN(CC2CCCO2)C(=O)C=Cc2cccnc2)cc1. The third kappa shape index (κ3) is 5.66. The minimum atomic E-state index is -0.00830. The largest absolute Gasteiger partial charge is 0.378 e. The van der Waals surface area contributed by atoms with E-state index in [2.05, 4.69) is 34.1 Å². The molecule has 1 saturated heterocycles. The van der Waals surface area contributed by atoms with Gasteiger partial charge >= 0.3 is 0 Å². The van der Waals surface area contributed by atoms with E-state index < -0.39 is 0 Å². The summed E-state index contributed by atoms with van der Waals surface area (Å²) in [6.45, 7) is 1.98. The van der Waals surface area contributed by atoms with Crippen molar-refractivity contribution in [3.63, 3.8) is 0 Å². The Bertz CT molecular complexity index is 751. The van der Waals surface area contributed by atoms with Gasteiger partial charge in [0.15, 0.2) is 0 Å². The molecule has 1 aromatic carbocycles. The van der Waals surface area contributed by atoms with Gasteiger partial charge in [-0.15, -0.1) is 0 Å². The summed E-state index contributed by atoms with van der Waals surface area (Å²) in [7, 11) is 4.04. The molecule has 0 radical (unpaired) electrons. The van der Waals surface area contributed by atoms with Gasteiger partial charge in [0.1, 0.15) is 0 Å². The summed E-state index contributed by atoms with van der Waals surface area (Å²) in [5, 5.41) is 0. The molecule has 5 nitrogen and oxygen atoms in total. The number of rotatable bonds is 7. The molecule has 1 aromatic heterocycles. The smallest absolute Gasteiger partial charge is 0.246 e. The van der Waals surface area contributed by atoms with E-state index in [4.69, 9.17) is 4.74 Å². The predicted octanol–water partition coefficient (Wildman–Crippen LogP) is 3.37. The normalized spacial score (nSPS) is 16.6. The second kappa shape index (κ2) is 9.33. The highest BCUT2D eigenvalue weighted by Crippen LogP contribution is 2.18. The average molecular weight is 365 g/mol. The maximum absolute atomic E-state index is 12.8. The summed E-state index contributed by atoms with van der Waals surface area (Å²) in [6.07, 6.45) is 9.11. The Hall–Kier alpha value is -2.66. The maximum atomic E-state index is 12.8. The van der Waals surface area contributed by atoms with E-state index in [1.807, 2.05) is 37.2 Å². The van der Waals surface area contributed by atoms with Crippen molar-refractivity contribution in [1.29, 1.82) is 0 Å². The number of carbonyl (C=O) groups excluding carboxylic acids is 1. The number of benzene rings is 1. The second-order valence-electron chi connectivity index (χ2n) is 7.03. The van der Waals surface area contributed by atoms with Gasteiger partial charge in [0.05, 0.1) is 6.10 Å². The van der Waals surface area contributed by atoms with E-state index in [1.165, 1.54) is 0 Å². The van der Waals surface area contributed by atoms with E-state index in [0.29, 0.717) is 13.1 Å². The Morgan fingerprint density at radius 1 is 1.26 bits per heavy atom. The quantitative estimate of drug-likeness (QED) is 0.706. The van der Waals surface area contributed by atoms with Gasteiger partial charge < -0.3 is 14.5 Å². The van der Waals surface area contributed by atoms with Crippen molar-refractivity contribution < 1.29 is 9.53 Å². The van der Waals surface area contributed by atoms with Crippen molar-refractivity contribution in [3.05, 3.63) is 66.0 Å². The molecule has 1 fully saturated rings. The lowest BCUT2D eigenvalue weighted by Gasteiger charge is -2.25. The highest BCUT2D eigenvalue weighted by Gasteiger charge is 2.21. The maximum Gasteiger partial charge on any atom is 0.246 e. The fourth-order valence-electron chi connectivity index (χ4n) is 3.13. The van der Waals surface area contributed by atoms with Gasteiger partial charge in [-0.1, -0.05) is 18.2 Å². The lowest BCUT2D eigenvalue weighted by molar-refractivity contribution is -0.128. The Morgan fingerprint density at radius 2 is 2.07 bits per heavy atom. The first-order valence-electron chi connectivity index (χ1n) is 9.37. The predicted molar refractivity (Wildman–Crippen MR) is 108 cm³/mol. The van der Waals surface area contributed by atoms with Crippen molar-refractivity contribution in [1.82, 2.24) is 9.88 Å². The summed E-state index contributed by atoms with van der Waals surface area (Å²) < 4.78 is 5.75. The molecule has 0 aliphatic carbocycles. The first kappa shape index (κ1) is 19.1. The third-order valence-electron chi connectivity index (χ3n) is 4.69. The standard InChI is InChI=1S/C22H27N3O2/c1-24(2)20-10-7-19(8-11-20)16-25(17-21-6-4-14-27-21)22(26)12-9-18-5-3-13-23-15-18/h3,5,7-13,15,21H,4,6,14,16-17H2,1-2H3. The molecular weight excluding hydrogens is 338 g/mol. The van der Waals surface area contributed by atoms with Gasteiger partial charge in [0, 0.05) is 57.9 Å².